The van der Waals surface area contributed by atoms with Crippen molar-refractivity contribution in [1.82, 2.24) is 25.9 Å². The number of nitrogens with two attached hydrogens (primary N) is 3. The molecule has 0 radical (unpaired) electrons. The number of hydrogen-bond donors (Lipinski definition) is 9. The fraction of sp³-hybridized carbons (Fsp3) is 0.600. The van der Waals surface area contributed by atoms with Gasteiger partial charge in [0.15, 0.2) is 5.96 Å². The largest absolute Gasteiger partial charge is 0.480 e. The molecule has 4 atom stereocenters. The molecule has 1 rings (SSSR count). The number of aliphatic carboxylic acids is 1. The molecule has 11 N–H and O–H groups in total. The number of imidazole rings is 1. The van der Waals surface area contributed by atoms with Gasteiger partial charge in [-0.1, -0.05) is 0 Å². The Morgan fingerprint density at radius 1 is 1.11 bits per heavy atom. The maximum absolute atomic E-state index is 12.9. The first-order valence-corrected chi connectivity index (χ1v) is 13.1. The second-order valence-corrected chi connectivity index (χ2v) is 9.17. The zero-order valence-corrected chi connectivity index (χ0v) is 21.7. The minimum Gasteiger partial charge on any atom is -0.480 e. The predicted molar refractivity (Wildman–Crippen MR) is 140 cm³/mol. The van der Waals surface area contributed by atoms with Gasteiger partial charge in [-0.3, -0.25) is 19.4 Å². The zero-order valence-electron chi connectivity index (χ0n) is 20.0. The maximum Gasteiger partial charge on any atom is 0.326 e. The molecule has 0 aliphatic carbocycles. The number of nitrogens with zero attached hydrogens (tertiary/aromatic N) is 2. The summed E-state index contributed by atoms with van der Waals surface area (Å²) < 4.78 is 0. The summed E-state index contributed by atoms with van der Waals surface area (Å²) in [5, 5.41) is 17.1. The van der Waals surface area contributed by atoms with Crippen molar-refractivity contribution in [3.8, 4) is 0 Å². The standard InChI is InChI=1S/C20H35N9O5S2/c1-36-6-4-13(17(31)28-14(19(33)34)7-11-8-24-10-26-11)27-18(32)15(9-35)29-16(30)12(21)3-2-5-25-20(22)23/h8,10,12-15,35H,2-7,9,21H2,1H3,(H,24,26)(H,27,32)(H,28,31)(H,29,30)(H,33,34)(H4,22,23,25). The Morgan fingerprint density at radius 3 is 2.31 bits per heavy atom. The Labute approximate surface area is 218 Å². The number of guanidine groups is 1. The fourth-order valence-electron chi connectivity index (χ4n) is 2.99. The van der Waals surface area contributed by atoms with E-state index < -0.39 is 47.9 Å². The average Bonchev–Trinajstić information content (AvgIpc) is 3.34. The molecule has 0 saturated carbocycles. The van der Waals surface area contributed by atoms with E-state index in [0.717, 1.165) is 0 Å². The number of carboxylic acids is 1. The van der Waals surface area contributed by atoms with Crippen LogP contribution < -0.4 is 33.2 Å². The SMILES string of the molecule is CSCCC(NC(=O)C(CS)NC(=O)C(N)CCCN=C(N)N)C(=O)NC(Cc1cnc[nH]1)C(=O)O. The molecule has 0 aliphatic heterocycles. The second kappa shape index (κ2) is 16.6. The highest BCUT2D eigenvalue weighted by atomic mass is 32.2. The number of amides is 3. The molecule has 4 unspecified atom stereocenters. The van der Waals surface area contributed by atoms with E-state index in [9.17, 15) is 24.3 Å². The van der Waals surface area contributed by atoms with Gasteiger partial charge in [0.25, 0.3) is 0 Å². The summed E-state index contributed by atoms with van der Waals surface area (Å²) in [5.74, 6) is -2.69. The lowest BCUT2D eigenvalue weighted by atomic mass is 10.1. The molecule has 0 bridgehead atoms. The summed E-state index contributed by atoms with van der Waals surface area (Å²) in [6, 6.07) is -4.22. The van der Waals surface area contributed by atoms with E-state index in [-0.39, 0.29) is 31.0 Å². The van der Waals surface area contributed by atoms with Crippen LogP contribution in [0.5, 0.6) is 0 Å². The molecule has 3 amide bonds. The Morgan fingerprint density at radius 2 is 1.75 bits per heavy atom. The third-order valence-corrected chi connectivity index (χ3v) is 5.97. The summed E-state index contributed by atoms with van der Waals surface area (Å²) >= 11 is 5.59. The average molecular weight is 546 g/mol. The van der Waals surface area contributed by atoms with Crippen molar-refractivity contribution < 1.29 is 24.3 Å². The van der Waals surface area contributed by atoms with Crippen LogP contribution in [0.25, 0.3) is 0 Å². The number of hydrogen-bond acceptors (Lipinski definition) is 9. The van der Waals surface area contributed by atoms with Gasteiger partial charge in [0.2, 0.25) is 17.7 Å². The molecule has 1 heterocycles. The highest BCUT2D eigenvalue weighted by Crippen LogP contribution is 2.05. The van der Waals surface area contributed by atoms with Crippen molar-refractivity contribution in [3.05, 3.63) is 18.2 Å². The van der Waals surface area contributed by atoms with Crippen LogP contribution >= 0.6 is 24.4 Å². The number of H-pyrrole nitrogens is 1. The fourth-order valence-corrected chi connectivity index (χ4v) is 3.72. The normalized spacial score (nSPS) is 14.1. The van der Waals surface area contributed by atoms with Crippen LogP contribution in [0.4, 0.5) is 0 Å². The van der Waals surface area contributed by atoms with Crippen LogP contribution in [0.1, 0.15) is 25.0 Å². The van der Waals surface area contributed by atoms with Crippen molar-refractivity contribution in [2.24, 2.45) is 22.2 Å². The molecular weight excluding hydrogens is 510 g/mol. The summed E-state index contributed by atoms with van der Waals surface area (Å²) in [7, 11) is 0. The van der Waals surface area contributed by atoms with Gasteiger partial charge in [-0.05, 0) is 31.3 Å². The molecule has 0 saturated heterocycles. The van der Waals surface area contributed by atoms with Crippen LogP contribution in [0, 0.1) is 0 Å². The second-order valence-electron chi connectivity index (χ2n) is 7.82. The number of aliphatic imine (C=N–C) groups is 1. The van der Waals surface area contributed by atoms with Crippen LogP contribution in [-0.4, -0.2) is 93.2 Å². The quantitative estimate of drug-likeness (QED) is 0.0433. The van der Waals surface area contributed by atoms with Gasteiger partial charge in [0, 0.05) is 30.6 Å². The number of thioether (sulfide) groups is 1. The van der Waals surface area contributed by atoms with Crippen molar-refractivity contribution in [2.75, 3.05) is 24.3 Å². The van der Waals surface area contributed by atoms with E-state index in [1.165, 1.54) is 24.3 Å². The van der Waals surface area contributed by atoms with Crippen molar-refractivity contribution in [2.45, 2.75) is 49.9 Å². The highest BCUT2D eigenvalue weighted by Gasteiger charge is 2.30. The number of thiol groups is 1. The van der Waals surface area contributed by atoms with Gasteiger partial charge >= 0.3 is 5.97 Å². The molecule has 1 aromatic heterocycles. The van der Waals surface area contributed by atoms with Crippen molar-refractivity contribution in [1.29, 1.82) is 0 Å². The molecular formula is C20H35N9O5S2. The minimum atomic E-state index is -1.23. The molecule has 16 heteroatoms. The number of aromatic nitrogens is 2. The number of nitrogens with one attached hydrogen (secondary N) is 4. The lowest BCUT2D eigenvalue weighted by molar-refractivity contribution is -0.142. The Bertz CT molecular complexity index is 881. The van der Waals surface area contributed by atoms with Gasteiger partial charge in [-0.25, -0.2) is 9.78 Å². The summed E-state index contributed by atoms with van der Waals surface area (Å²) in [6.45, 7) is 0.309. The monoisotopic (exact) mass is 545 g/mol. The third-order valence-electron chi connectivity index (χ3n) is 4.96. The zero-order chi connectivity index (χ0) is 27.1. The van der Waals surface area contributed by atoms with Gasteiger partial charge in [0.05, 0.1) is 12.4 Å². The van der Waals surface area contributed by atoms with E-state index in [2.05, 4.69) is 43.5 Å². The van der Waals surface area contributed by atoms with E-state index in [4.69, 9.17) is 17.2 Å². The highest BCUT2D eigenvalue weighted by molar-refractivity contribution is 7.98. The van der Waals surface area contributed by atoms with Gasteiger partial charge in [-0.15, -0.1) is 0 Å². The number of aromatic amines is 1. The molecule has 202 valence electrons. The van der Waals surface area contributed by atoms with E-state index in [1.54, 1.807) is 0 Å². The number of carbonyl (C=O) groups excluding carboxylic acids is 3. The first kappa shape index (κ1) is 31.1. The number of carboxylic acid groups (broad SMARTS) is 1. The topological polar surface area (TPSA) is 244 Å². The first-order valence-electron chi connectivity index (χ1n) is 11.1. The lowest BCUT2D eigenvalue weighted by Gasteiger charge is -2.24. The van der Waals surface area contributed by atoms with Crippen molar-refractivity contribution in [3.63, 3.8) is 0 Å². The van der Waals surface area contributed by atoms with Gasteiger partial charge in [-0.2, -0.15) is 24.4 Å². The summed E-state index contributed by atoms with van der Waals surface area (Å²) in [5.41, 5.74) is 16.9. The number of rotatable bonds is 17. The molecule has 14 nitrogen and oxygen atoms in total. The molecule has 0 fully saturated rings. The third kappa shape index (κ3) is 11.6. The summed E-state index contributed by atoms with van der Waals surface area (Å²) in [4.78, 5) is 60.2. The van der Waals surface area contributed by atoms with Gasteiger partial charge < -0.3 is 43.2 Å². The van der Waals surface area contributed by atoms with Crippen LogP contribution in [0.2, 0.25) is 0 Å². The molecule has 0 spiro atoms. The lowest BCUT2D eigenvalue weighted by Crippen LogP contribution is -2.58. The minimum absolute atomic E-state index is 0.0132. The Balaban J connectivity index is 2.76. The Hall–Kier alpha value is -2.98. The van der Waals surface area contributed by atoms with Crippen LogP contribution in [-0.2, 0) is 25.6 Å². The molecule has 0 aliphatic rings. The molecule has 1 aromatic rings. The first-order chi connectivity index (χ1) is 17.1. The van der Waals surface area contributed by atoms with E-state index in [1.807, 2.05) is 6.26 Å². The van der Waals surface area contributed by atoms with Crippen molar-refractivity contribution >= 4 is 54.0 Å². The smallest absolute Gasteiger partial charge is 0.326 e. The predicted octanol–water partition coefficient (Wildman–Crippen LogP) is -2.44. The van der Waals surface area contributed by atoms with Gasteiger partial charge in [0.1, 0.15) is 18.1 Å². The summed E-state index contributed by atoms with van der Waals surface area (Å²) in [6.07, 6.45) is 5.67. The Kier molecular flexibility index (Phi) is 14.4. The molecule has 0 aromatic carbocycles. The maximum atomic E-state index is 12.9. The number of carbonyl (C=O) groups is 4. The van der Waals surface area contributed by atoms with Crippen LogP contribution in [0.3, 0.4) is 0 Å². The van der Waals surface area contributed by atoms with E-state index in [0.29, 0.717) is 24.4 Å². The van der Waals surface area contributed by atoms with E-state index >= 15 is 0 Å². The van der Waals surface area contributed by atoms with Crippen LogP contribution in [0.15, 0.2) is 17.5 Å². The molecule has 36 heavy (non-hydrogen) atoms.